The number of imidazole rings is 1. The second-order valence-electron chi connectivity index (χ2n) is 5.63. The first-order valence-electron chi connectivity index (χ1n) is 6.26. The molecule has 1 heterocycles. The number of hydrogen-bond acceptors (Lipinski definition) is 5. The summed E-state index contributed by atoms with van der Waals surface area (Å²) in [6.45, 7) is 3.82. The fourth-order valence-corrected chi connectivity index (χ4v) is 3.37. The molecule has 0 aliphatic carbocycles. The van der Waals surface area contributed by atoms with Gasteiger partial charge in [0.05, 0.1) is 28.9 Å². The molecular formula is C13H17N5O2S. The molecule has 21 heavy (non-hydrogen) atoms. The zero-order valence-corrected chi connectivity index (χ0v) is 12.9. The lowest BCUT2D eigenvalue weighted by molar-refractivity contribution is 0.398. The fraction of sp³-hybridized carbons (Fsp3) is 0.385. The molecule has 3 N–H and O–H groups in total. The normalized spacial score (nSPS) is 12.5. The topological polar surface area (TPSA) is 114 Å². The lowest BCUT2D eigenvalue weighted by Crippen LogP contribution is -2.46. The minimum absolute atomic E-state index is 0.281. The number of aromatic nitrogens is 2. The van der Waals surface area contributed by atoms with Crippen LogP contribution in [-0.4, -0.2) is 29.8 Å². The maximum atomic E-state index is 11.4. The van der Waals surface area contributed by atoms with Gasteiger partial charge < -0.3 is 10.3 Å². The SMILES string of the molecule is CC(C)(Cn1c(N)nc2ccc(C#N)cc21)NS(C)(=O)=O. The second kappa shape index (κ2) is 5.02. The summed E-state index contributed by atoms with van der Waals surface area (Å²) < 4.78 is 27.1. The molecule has 7 nitrogen and oxygen atoms in total. The van der Waals surface area contributed by atoms with Crippen LogP contribution in [0.2, 0.25) is 0 Å². The van der Waals surface area contributed by atoms with Gasteiger partial charge in [-0.15, -0.1) is 0 Å². The van der Waals surface area contributed by atoms with Crippen LogP contribution in [0.25, 0.3) is 11.0 Å². The van der Waals surface area contributed by atoms with Crippen molar-refractivity contribution in [2.75, 3.05) is 12.0 Å². The van der Waals surface area contributed by atoms with Crippen LogP contribution in [0, 0.1) is 11.3 Å². The summed E-state index contributed by atoms with van der Waals surface area (Å²) in [4.78, 5) is 4.22. The molecule has 2 rings (SSSR count). The van der Waals surface area contributed by atoms with E-state index in [0.29, 0.717) is 23.1 Å². The molecule has 0 fully saturated rings. The van der Waals surface area contributed by atoms with Gasteiger partial charge in [0.2, 0.25) is 16.0 Å². The maximum absolute atomic E-state index is 11.4. The Morgan fingerprint density at radius 1 is 1.48 bits per heavy atom. The maximum Gasteiger partial charge on any atom is 0.209 e. The Bertz CT molecular complexity index is 830. The monoisotopic (exact) mass is 307 g/mol. The quantitative estimate of drug-likeness (QED) is 0.868. The summed E-state index contributed by atoms with van der Waals surface area (Å²) >= 11 is 0. The molecule has 8 heteroatoms. The summed E-state index contributed by atoms with van der Waals surface area (Å²) in [5.74, 6) is 0.281. The largest absolute Gasteiger partial charge is 0.369 e. The van der Waals surface area contributed by atoms with E-state index in [-0.39, 0.29) is 5.95 Å². The van der Waals surface area contributed by atoms with Crippen LogP contribution in [0.3, 0.4) is 0 Å². The minimum Gasteiger partial charge on any atom is -0.369 e. The number of sulfonamides is 1. The van der Waals surface area contributed by atoms with E-state index < -0.39 is 15.6 Å². The number of nitrogen functional groups attached to an aromatic ring is 1. The molecule has 112 valence electrons. The highest BCUT2D eigenvalue weighted by Gasteiger charge is 2.24. The molecule has 1 aromatic heterocycles. The van der Waals surface area contributed by atoms with E-state index >= 15 is 0 Å². The number of nitrogens with zero attached hydrogens (tertiary/aromatic N) is 3. The van der Waals surface area contributed by atoms with Crippen LogP contribution in [0.1, 0.15) is 19.4 Å². The highest BCUT2D eigenvalue weighted by Crippen LogP contribution is 2.22. The summed E-state index contributed by atoms with van der Waals surface area (Å²) in [5, 5.41) is 8.98. The molecule has 0 bridgehead atoms. The predicted molar refractivity (Wildman–Crippen MR) is 80.9 cm³/mol. The van der Waals surface area contributed by atoms with Crippen molar-refractivity contribution in [1.29, 1.82) is 5.26 Å². The van der Waals surface area contributed by atoms with Gasteiger partial charge in [-0.3, -0.25) is 0 Å². The predicted octanol–water partition coefficient (Wildman–Crippen LogP) is 0.818. The van der Waals surface area contributed by atoms with Gasteiger partial charge in [-0.05, 0) is 32.0 Å². The van der Waals surface area contributed by atoms with E-state index in [2.05, 4.69) is 15.8 Å². The summed E-state index contributed by atoms with van der Waals surface area (Å²) in [6, 6.07) is 7.14. The summed E-state index contributed by atoms with van der Waals surface area (Å²) in [5.41, 5.74) is 7.04. The third kappa shape index (κ3) is 3.51. The second-order valence-corrected chi connectivity index (χ2v) is 7.38. The van der Waals surface area contributed by atoms with Gasteiger partial charge in [0, 0.05) is 12.1 Å². The average Bonchev–Trinajstić information content (AvgIpc) is 2.62. The van der Waals surface area contributed by atoms with E-state index in [4.69, 9.17) is 11.0 Å². The number of rotatable bonds is 4. The lowest BCUT2D eigenvalue weighted by Gasteiger charge is -2.26. The van der Waals surface area contributed by atoms with Crippen molar-refractivity contribution in [3.05, 3.63) is 23.8 Å². The van der Waals surface area contributed by atoms with Crippen LogP contribution >= 0.6 is 0 Å². The Balaban J connectivity index is 2.47. The minimum atomic E-state index is -3.34. The van der Waals surface area contributed by atoms with Gasteiger partial charge in [-0.25, -0.2) is 18.1 Å². The first-order valence-corrected chi connectivity index (χ1v) is 8.15. The van der Waals surface area contributed by atoms with Gasteiger partial charge in [0.1, 0.15) is 0 Å². The molecular weight excluding hydrogens is 290 g/mol. The standard InChI is InChI=1S/C13H17N5O2S/c1-13(2,17-21(3,19)20)8-18-11-6-9(7-14)4-5-10(11)16-12(18)15/h4-6,17H,8H2,1-3H3,(H2,15,16). The van der Waals surface area contributed by atoms with Gasteiger partial charge in [0.25, 0.3) is 0 Å². The van der Waals surface area contributed by atoms with Crippen LogP contribution in [0.5, 0.6) is 0 Å². The first kappa shape index (κ1) is 15.3. The van der Waals surface area contributed by atoms with E-state index in [1.54, 1.807) is 36.6 Å². The van der Waals surface area contributed by atoms with Gasteiger partial charge >= 0.3 is 0 Å². The third-order valence-electron chi connectivity index (χ3n) is 2.92. The molecule has 0 amide bonds. The first-order chi connectivity index (χ1) is 9.61. The van der Waals surface area contributed by atoms with Crippen LogP contribution in [-0.2, 0) is 16.6 Å². The zero-order valence-electron chi connectivity index (χ0n) is 12.1. The highest BCUT2D eigenvalue weighted by molar-refractivity contribution is 7.88. The van der Waals surface area contributed by atoms with Crippen molar-refractivity contribution in [2.45, 2.75) is 25.9 Å². The van der Waals surface area contributed by atoms with Crippen LogP contribution < -0.4 is 10.5 Å². The molecule has 0 radical (unpaired) electrons. The molecule has 0 aliphatic rings. The Morgan fingerprint density at radius 2 is 2.14 bits per heavy atom. The number of nitrogens with one attached hydrogen (secondary N) is 1. The summed E-state index contributed by atoms with van der Waals surface area (Å²) in [7, 11) is -3.34. The van der Waals surface area contributed by atoms with Crippen molar-refractivity contribution >= 4 is 27.0 Å². The molecule has 1 aromatic carbocycles. The zero-order chi connectivity index (χ0) is 15.8. The number of nitriles is 1. The van der Waals surface area contributed by atoms with Gasteiger partial charge in [-0.2, -0.15) is 5.26 Å². The van der Waals surface area contributed by atoms with E-state index in [0.717, 1.165) is 6.26 Å². The molecule has 0 unspecified atom stereocenters. The Morgan fingerprint density at radius 3 is 2.71 bits per heavy atom. The van der Waals surface area contributed by atoms with Crippen LogP contribution in [0.15, 0.2) is 18.2 Å². The number of nitrogens with two attached hydrogens (primary N) is 1. The molecule has 0 spiro atoms. The smallest absolute Gasteiger partial charge is 0.209 e. The molecule has 2 aromatic rings. The van der Waals surface area contributed by atoms with Crippen molar-refractivity contribution < 1.29 is 8.42 Å². The number of hydrogen-bond donors (Lipinski definition) is 2. The molecule has 0 aliphatic heterocycles. The Hall–Kier alpha value is -2.11. The third-order valence-corrected chi connectivity index (χ3v) is 3.85. The van der Waals surface area contributed by atoms with Crippen molar-refractivity contribution in [3.8, 4) is 6.07 Å². The van der Waals surface area contributed by atoms with E-state index in [1.165, 1.54) is 0 Å². The van der Waals surface area contributed by atoms with Crippen molar-refractivity contribution in [1.82, 2.24) is 14.3 Å². The Kier molecular flexibility index (Phi) is 3.65. The van der Waals surface area contributed by atoms with Crippen molar-refractivity contribution in [3.63, 3.8) is 0 Å². The highest BCUT2D eigenvalue weighted by atomic mass is 32.2. The van der Waals surface area contributed by atoms with Gasteiger partial charge in [-0.1, -0.05) is 0 Å². The van der Waals surface area contributed by atoms with E-state index in [1.807, 2.05) is 0 Å². The Labute approximate surface area is 123 Å². The summed E-state index contributed by atoms with van der Waals surface area (Å²) in [6.07, 6.45) is 1.11. The average molecular weight is 307 g/mol. The van der Waals surface area contributed by atoms with Gasteiger partial charge in [0.15, 0.2) is 0 Å². The van der Waals surface area contributed by atoms with Crippen LogP contribution in [0.4, 0.5) is 5.95 Å². The molecule has 0 saturated heterocycles. The number of fused-ring (bicyclic) bond motifs is 1. The lowest BCUT2D eigenvalue weighted by atomic mass is 10.1. The number of anilines is 1. The molecule has 0 saturated carbocycles. The number of benzene rings is 1. The van der Waals surface area contributed by atoms with E-state index in [9.17, 15) is 8.42 Å². The molecule has 0 atom stereocenters. The fourth-order valence-electron chi connectivity index (χ4n) is 2.31. The van der Waals surface area contributed by atoms with Crippen molar-refractivity contribution in [2.24, 2.45) is 0 Å².